The SMILES string of the molecule is CN(C)C(=O)c1cc2cnc(Nc3ccc(N4CCN(C5CCC(CCC6CCN(c7ccc(C8CCC(=O)NC8=O)cc7)CC6)CC5)CC4)cn3)nc2n1C1CCCC1. The third-order valence-corrected chi connectivity index (χ3v) is 14.4. The lowest BCUT2D eigenvalue weighted by Gasteiger charge is -2.42. The molecule has 2 aliphatic carbocycles. The summed E-state index contributed by atoms with van der Waals surface area (Å²) in [6.45, 7) is 6.43. The van der Waals surface area contributed by atoms with E-state index in [1.807, 2.05) is 24.5 Å². The molecular formula is C47H62N10O3. The number of piperidine rings is 2. The van der Waals surface area contributed by atoms with E-state index in [0.29, 0.717) is 36.3 Å². The number of rotatable bonds is 11. The maximum Gasteiger partial charge on any atom is 0.270 e. The molecule has 0 radical (unpaired) electrons. The molecule has 1 atom stereocenters. The van der Waals surface area contributed by atoms with E-state index in [1.165, 1.54) is 69.9 Å². The van der Waals surface area contributed by atoms with Crippen LogP contribution in [0.15, 0.2) is 54.9 Å². The highest BCUT2D eigenvalue weighted by atomic mass is 16.2. The number of amides is 3. The predicted octanol–water partition coefficient (Wildman–Crippen LogP) is 7.28. The number of hydrogen-bond donors (Lipinski definition) is 2. The average molecular weight is 815 g/mol. The summed E-state index contributed by atoms with van der Waals surface area (Å²) in [6, 6.07) is 15.6. The summed E-state index contributed by atoms with van der Waals surface area (Å²) in [6.07, 6.45) is 19.9. The van der Waals surface area contributed by atoms with Crippen LogP contribution in [0.25, 0.3) is 11.0 Å². The molecule has 4 aromatic rings. The number of piperazine rings is 1. The summed E-state index contributed by atoms with van der Waals surface area (Å²) in [4.78, 5) is 60.5. The summed E-state index contributed by atoms with van der Waals surface area (Å²) in [5.74, 6) is 2.33. The van der Waals surface area contributed by atoms with Crippen molar-refractivity contribution in [3.8, 4) is 0 Å². The number of nitrogens with zero attached hydrogens (tertiary/aromatic N) is 8. The molecule has 318 valence electrons. The molecule has 1 unspecified atom stereocenters. The summed E-state index contributed by atoms with van der Waals surface area (Å²) in [7, 11) is 3.59. The number of benzene rings is 1. The molecule has 13 heteroatoms. The Kier molecular flexibility index (Phi) is 12.0. The minimum absolute atomic E-state index is 0.00793. The Bertz CT molecular complexity index is 2120. The third kappa shape index (κ3) is 8.87. The lowest BCUT2D eigenvalue weighted by Crippen LogP contribution is -2.51. The van der Waals surface area contributed by atoms with Gasteiger partial charge in [0, 0.05) is 89.1 Å². The van der Waals surface area contributed by atoms with E-state index in [2.05, 4.69) is 65.2 Å². The van der Waals surface area contributed by atoms with E-state index >= 15 is 0 Å². The zero-order chi connectivity index (χ0) is 41.2. The molecule has 1 aromatic carbocycles. The summed E-state index contributed by atoms with van der Waals surface area (Å²) < 4.78 is 2.14. The van der Waals surface area contributed by atoms with Gasteiger partial charge in [-0.3, -0.25) is 24.6 Å². The Morgan fingerprint density at radius 1 is 0.750 bits per heavy atom. The van der Waals surface area contributed by atoms with Gasteiger partial charge in [0.1, 0.15) is 17.2 Å². The molecule has 3 amide bonds. The van der Waals surface area contributed by atoms with Gasteiger partial charge in [0.25, 0.3) is 5.91 Å². The van der Waals surface area contributed by atoms with Crippen LogP contribution in [-0.2, 0) is 9.59 Å². The van der Waals surface area contributed by atoms with Crippen molar-refractivity contribution >= 4 is 51.9 Å². The van der Waals surface area contributed by atoms with Crippen molar-refractivity contribution in [2.75, 3.05) is 68.5 Å². The smallest absolute Gasteiger partial charge is 0.270 e. The van der Waals surface area contributed by atoms with Crippen molar-refractivity contribution in [3.05, 3.63) is 66.1 Å². The number of pyridine rings is 1. The number of nitrogens with one attached hydrogen (secondary N) is 2. The highest BCUT2D eigenvalue weighted by Crippen LogP contribution is 2.37. The fourth-order valence-electron chi connectivity index (χ4n) is 10.8. The maximum atomic E-state index is 13.1. The summed E-state index contributed by atoms with van der Waals surface area (Å²) in [5, 5.41) is 6.69. The first kappa shape index (κ1) is 40.4. The number of carbonyl (C=O) groups is 3. The van der Waals surface area contributed by atoms with Crippen LogP contribution < -0.4 is 20.4 Å². The number of hydrogen-bond acceptors (Lipinski definition) is 10. The quantitative estimate of drug-likeness (QED) is 0.149. The van der Waals surface area contributed by atoms with Crippen LogP contribution in [0, 0.1) is 11.8 Å². The van der Waals surface area contributed by atoms with Crippen molar-refractivity contribution < 1.29 is 14.4 Å². The highest BCUT2D eigenvalue weighted by Gasteiger charge is 2.31. The molecule has 0 bridgehead atoms. The zero-order valence-electron chi connectivity index (χ0n) is 35.5. The van der Waals surface area contributed by atoms with Crippen molar-refractivity contribution in [2.45, 2.75) is 108 Å². The summed E-state index contributed by atoms with van der Waals surface area (Å²) in [5.41, 5.74) is 4.88. The largest absolute Gasteiger partial charge is 0.372 e. The van der Waals surface area contributed by atoms with Crippen molar-refractivity contribution in [2.24, 2.45) is 11.8 Å². The Balaban J connectivity index is 0.696. The lowest BCUT2D eigenvalue weighted by molar-refractivity contribution is -0.134. The van der Waals surface area contributed by atoms with Crippen LogP contribution in [0.4, 0.5) is 23.1 Å². The molecule has 2 N–H and O–H groups in total. The van der Waals surface area contributed by atoms with Gasteiger partial charge in [0.2, 0.25) is 17.8 Å². The van der Waals surface area contributed by atoms with E-state index in [9.17, 15) is 14.4 Å². The van der Waals surface area contributed by atoms with Crippen LogP contribution >= 0.6 is 0 Å². The Morgan fingerprint density at radius 3 is 2.10 bits per heavy atom. The number of fused-ring (bicyclic) bond motifs is 1. The molecule has 5 fully saturated rings. The fourth-order valence-corrected chi connectivity index (χ4v) is 10.8. The van der Waals surface area contributed by atoms with Gasteiger partial charge in [-0.2, -0.15) is 4.98 Å². The van der Waals surface area contributed by atoms with Crippen LogP contribution in [0.2, 0.25) is 0 Å². The van der Waals surface area contributed by atoms with Crippen molar-refractivity contribution in [3.63, 3.8) is 0 Å². The van der Waals surface area contributed by atoms with Gasteiger partial charge >= 0.3 is 0 Å². The summed E-state index contributed by atoms with van der Waals surface area (Å²) >= 11 is 0. The first-order valence-corrected chi connectivity index (χ1v) is 22.8. The zero-order valence-corrected chi connectivity index (χ0v) is 35.5. The normalized spacial score (nSPS) is 23.6. The van der Waals surface area contributed by atoms with E-state index in [1.54, 1.807) is 19.0 Å². The second kappa shape index (κ2) is 17.9. The number of imide groups is 1. The first-order valence-electron chi connectivity index (χ1n) is 22.8. The topological polar surface area (TPSA) is 132 Å². The molecule has 13 nitrogen and oxygen atoms in total. The first-order chi connectivity index (χ1) is 29.3. The lowest BCUT2D eigenvalue weighted by atomic mass is 9.80. The van der Waals surface area contributed by atoms with Gasteiger partial charge in [-0.1, -0.05) is 37.8 Å². The van der Waals surface area contributed by atoms with Gasteiger partial charge in [0.05, 0.1) is 17.8 Å². The molecule has 60 heavy (non-hydrogen) atoms. The van der Waals surface area contributed by atoms with E-state index in [-0.39, 0.29) is 29.7 Å². The van der Waals surface area contributed by atoms with E-state index in [0.717, 1.165) is 86.2 Å². The van der Waals surface area contributed by atoms with E-state index < -0.39 is 0 Å². The molecule has 0 spiro atoms. The second-order valence-corrected chi connectivity index (χ2v) is 18.3. The van der Waals surface area contributed by atoms with Crippen molar-refractivity contribution in [1.82, 2.24) is 34.6 Å². The van der Waals surface area contributed by atoms with Gasteiger partial charge in [-0.05, 0) is 106 Å². The van der Waals surface area contributed by atoms with Crippen LogP contribution in [0.5, 0.6) is 0 Å². The van der Waals surface area contributed by atoms with Crippen LogP contribution in [0.1, 0.15) is 118 Å². The van der Waals surface area contributed by atoms with Crippen molar-refractivity contribution in [1.29, 1.82) is 0 Å². The number of anilines is 4. The maximum absolute atomic E-state index is 13.1. The Hall–Kier alpha value is -5.04. The average Bonchev–Trinajstić information content (AvgIpc) is 3.95. The van der Waals surface area contributed by atoms with Crippen LogP contribution in [-0.4, -0.2) is 106 Å². The third-order valence-electron chi connectivity index (χ3n) is 14.4. The Morgan fingerprint density at radius 2 is 1.43 bits per heavy atom. The van der Waals surface area contributed by atoms with Gasteiger partial charge in [-0.15, -0.1) is 0 Å². The van der Waals surface area contributed by atoms with Gasteiger partial charge < -0.3 is 24.6 Å². The molecule has 2 saturated carbocycles. The predicted molar refractivity (Wildman–Crippen MR) is 236 cm³/mol. The molecule has 9 rings (SSSR count). The molecule has 3 aromatic heterocycles. The highest BCUT2D eigenvalue weighted by molar-refractivity contribution is 6.01. The number of aromatic nitrogens is 4. The Labute approximate surface area is 354 Å². The van der Waals surface area contributed by atoms with E-state index in [4.69, 9.17) is 9.97 Å². The molecular weight excluding hydrogens is 753 g/mol. The molecule has 5 aliphatic rings. The second-order valence-electron chi connectivity index (χ2n) is 18.3. The van der Waals surface area contributed by atoms with Gasteiger partial charge in [0.15, 0.2) is 0 Å². The molecule has 3 saturated heterocycles. The van der Waals surface area contributed by atoms with Gasteiger partial charge in [-0.25, -0.2) is 9.97 Å². The standard InChI is InChI=1S/C47H62N10O3/c1-53(2)46(60)41-29-35-30-49-47(52-44(35)57(41)38-5-3-4-6-38)50-42-19-17-39(31-48-42)56-27-25-55(26-28-56)36-13-9-32(10-14-36)7-8-33-21-23-54(24-22-33)37-15-11-34(12-16-37)40-18-20-43(58)51-45(40)59/h11-12,15-17,19,29-33,36,38,40H,3-10,13-14,18,20-28H2,1-2H3,(H,51,58,59)(H,48,49,50,52). The fraction of sp³-hybridized carbons (Fsp3) is 0.574. The minimum Gasteiger partial charge on any atom is -0.372 e. The monoisotopic (exact) mass is 815 g/mol. The molecule has 3 aliphatic heterocycles. The van der Waals surface area contributed by atoms with Crippen LogP contribution in [0.3, 0.4) is 0 Å². The molecule has 6 heterocycles. The minimum atomic E-state index is -0.219. The number of carbonyl (C=O) groups excluding carboxylic acids is 3.